The highest BCUT2D eigenvalue weighted by Crippen LogP contribution is 2.30. The Morgan fingerprint density at radius 2 is 2.04 bits per heavy atom. The summed E-state index contributed by atoms with van der Waals surface area (Å²) in [5.74, 6) is -0.0605. The summed E-state index contributed by atoms with van der Waals surface area (Å²) in [6.07, 6.45) is 2.34. The molecule has 0 spiro atoms. The molecule has 1 aromatic carbocycles. The minimum atomic E-state index is -0.0568. The van der Waals surface area contributed by atoms with Gasteiger partial charge in [0, 0.05) is 31.5 Å². The standard InChI is InChI=1S/C18H26N2O3/c1-18(2,3)11-16(21)19-14-8-7-13-6-5-9-20(15(13)10-14)17(22)12-23-4/h7-8,10H,5-6,9,11-12H2,1-4H3,(H,19,21). The van der Waals surface area contributed by atoms with Gasteiger partial charge in [-0.1, -0.05) is 26.8 Å². The van der Waals surface area contributed by atoms with Gasteiger partial charge in [-0.05, 0) is 36.0 Å². The van der Waals surface area contributed by atoms with E-state index in [9.17, 15) is 9.59 Å². The summed E-state index contributed by atoms with van der Waals surface area (Å²) in [4.78, 5) is 26.0. The summed E-state index contributed by atoms with van der Waals surface area (Å²) < 4.78 is 4.96. The number of amides is 2. The molecule has 2 rings (SSSR count). The van der Waals surface area contributed by atoms with Gasteiger partial charge >= 0.3 is 0 Å². The summed E-state index contributed by atoms with van der Waals surface area (Å²) in [5, 5.41) is 2.93. The Morgan fingerprint density at radius 3 is 2.70 bits per heavy atom. The predicted molar refractivity (Wildman–Crippen MR) is 91.7 cm³/mol. The van der Waals surface area contributed by atoms with Crippen LogP contribution in [0.15, 0.2) is 18.2 Å². The number of hydrogen-bond acceptors (Lipinski definition) is 3. The minimum absolute atomic E-state index is 0.0111. The van der Waals surface area contributed by atoms with Crippen LogP contribution < -0.4 is 10.2 Å². The van der Waals surface area contributed by atoms with E-state index in [0.717, 1.165) is 29.8 Å². The molecule has 0 saturated heterocycles. The van der Waals surface area contributed by atoms with Gasteiger partial charge in [0.25, 0.3) is 5.91 Å². The van der Waals surface area contributed by atoms with E-state index < -0.39 is 0 Å². The number of ether oxygens (including phenoxy) is 1. The fraction of sp³-hybridized carbons (Fsp3) is 0.556. The maximum atomic E-state index is 12.2. The van der Waals surface area contributed by atoms with Crippen molar-refractivity contribution >= 4 is 23.2 Å². The van der Waals surface area contributed by atoms with E-state index >= 15 is 0 Å². The van der Waals surface area contributed by atoms with E-state index in [-0.39, 0.29) is 23.8 Å². The lowest BCUT2D eigenvalue weighted by Crippen LogP contribution is -2.37. The third-order valence-corrected chi connectivity index (χ3v) is 3.75. The van der Waals surface area contributed by atoms with Crippen LogP contribution in [0, 0.1) is 5.41 Å². The second kappa shape index (κ2) is 7.13. The van der Waals surface area contributed by atoms with Crippen molar-refractivity contribution in [2.45, 2.75) is 40.0 Å². The first-order valence-corrected chi connectivity index (χ1v) is 8.02. The Bertz CT molecular complexity index is 590. The van der Waals surface area contributed by atoms with Crippen molar-refractivity contribution in [1.29, 1.82) is 0 Å². The van der Waals surface area contributed by atoms with Crippen LogP contribution in [-0.4, -0.2) is 32.1 Å². The number of fused-ring (bicyclic) bond motifs is 1. The van der Waals surface area contributed by atoms with Crippen molar-refractivity contribution < 1.29 is 14.3 Å². The quantitative estimate of drug-likeness (QED) is 0.928. The highest BCUT2D eigenvalue weighted by atomic mass is 16.5. The SMILES string of the molecule is COCC(=O)N1CCCc2ccc(NC(=O)CC(C)(C)C)cc21. The molecule has 5 heteroatoms. The number of rotatable bonds is 4. The molecule has 0 atom stereocenters. The number of carbonyl (C=O) groups excluding carboxylic acids is 2. The van der Waals surface area contributed by atoms with Gasteiger partial charge in [0.1, 0.15) is 6.61 Å². The lowest BCUT2D eigenvalue weighted by atomic mass is 9.92. The second-order valence-electron chi connectivity index (χ2n) is 7.21. The van der Waals surface area contributed by atoms with Crippen LogP contribution in [0.3, 0.4) is 0 Å². The van der Waals surface area contributed by atoms with Crippen LogP contribution in [-0.2, 0) is 20.7 Å². The maximum absolute atomic E-state index is 12.2. The molecule has 1 N–H and O–H groups in total. The number of carbonyl (C=O) groups is 2. The lowest BCUT2D eigenvalue weighted by molar-refractivity contribution is -0.122. The lowest BCUT2D eigenvalue weighted by Gasteiger charge is -2.30. The molecule has 0 unspecified atom stereocenters. The molecular weight excluding hydrogens is 292 g/mol. The molecule has 0 aliphatic carbocycles. The Morgan fingerprint density at radius 1 is 1.30 bits per heavy atom. The molecule has 1 heterocycles. The zero-order valence-corrected chi connectivity index (χ0v) is 14.4. The van der Waals surface area contributed by atoms with Crippen LogP contribution in [0.25, 0.3) is 0 Å². The number of methoxy groups -OCH3 is 1. The molecule has 5 nitrogen and oxygen atoms in total. The normalized spacial score (nSPS) is 14.3. The van der Waals surface area contributed by atoms with Gasteiger partial charge in [0.15, 0.2) is 0 Å². The number of aryl methyl sites for hydroxylation is 1. The molecule has 126 valence electrons. The summed E-state index contributed by atoms with van der Waals surface area (Å²) in [7, 11) is 1.52. The first-order chi connectivity index (χ1) is 10.8. The van der Waals surface area contributed by atoms with E-state index in [1.165, 1.54) is 7.11 Å². The number of hydrogen-bond donors (Lipinski definition) is 1. The van der Waals surface area contributed by atoms with Crippen LogP contribution in [0.5, 0.6) is 0 Å². The number of anilines is 2. The summed E-state index contributed by atoms with van der Waals surface area (Å²) >= 11 is 0. The smallest absolute Gasteiger partial charge is 0.252 e. The van der Waals surface area contributed by atoms with Gasteiger partial charge < -0.3 is 15.0 Å². The fourth-order valence-corrected chi connectivity index (χ4v) is 2.80. The average molecular weight is 318 g/mol. The number of nitrogens with zero attached hydrogens (tertiary/aromatic N) is 1. The van der Waals surface area contributed by atoms with Crippen LogP contribution in [0.4, 0.5) is 11.4 Å². The molecule has 0 saturated carbocycles. The highest BCUT2D eigenvalue weighted by Gasteiger charge is 2.23. The van der Waals surface area contributed by atoms with E-state index in [2.05, 4.69) is 5.32 Å². The molecule has 1 aliphatic rings. The predicted octanol–water partition coefficient (Wildman–Crippen LogP) is 2.99. The first kappa shape index (κ1) is 17.5. The summed E-state index contributed by atoms with van der Waals surface area (Å²) in [5.41, 5.74) is 2.69. The minimum Gasteiger partial charge on any atom is -0.375 e. The Labute approximate surface area is 138 Å². The molecular formula is C18H26N2O3. The largest absolute Gasteiger partial charge is 0.375 e. The highest BCUT2D eigenvalue weighted by molar-refractivity contribution is 5.97. The van der Waals surface area contributed by atoms with Gasteiger partial charge in [-0.15, -0.1) is 0 Å². The molecule has 0 fully saturated rings. The number of benzene rings is 1. The van der Waals surface area contributed by atoms with Crippen molar-refractivity contribution in [3.8, 4) is 0 Å². The third kappa shape index (κ3) is 4.79. The third-order valence-electron chi connectivity index (χ3n) is 3.75. The molecule has 0 radical (unpaired) electrons. The monoisotopic (exact) mass is 318 g/mol. The zero-order valence-electron chi connectivity index (χ0n) is 14.4. The second-order valence-corrected chi connectivity index (χ2v) is 7.21. The van der Waals surface area contributed by atoms with Gasteiger partial charge in [0.2, 0.25) is 5.91 Å². The van der Waals surface area contributed by atoms with E-state index in [1.54, 1.807) is 4.90 Å². The molecule has 1 aliphatic heterocycles. The molecule has 23 heavy (non-hydrogen) atoms. The topological polar surface area (TPSA) is 58.6 Å². The van der Waals surface area contributed by atoms with Crippen LogP contribution in [0.1, 0.15) is 39.2 Å². The van der Waals surface area contributed by atoms with Gasteiger partial charge in [-0.3, -0.25) is 9.59 Å². The van der Waals surface area contributed by atoms with Crippen LogP contribution >= 0.6 is 0 Å². The van der Waals surface area contributed by atoms with Crippen molar-refractivity contribution in [1.82, 2.24) is 0 Å². The van der Waals surface area contributed by atoms with Crippen molar-refractivity contribution in [2.24, 2.45) is 5.41 Å². The average Bonchev–Trinajstić information content (AvgIpc) is 2.44. The number of nitrogens with one attached hydrogen (secondary N) is 1. The summed E-state index contributed by atoms with van der Waals surface area (Å²) in [6.45, 7) is 6.86. The van der Waals surface area contributed by atoms with E-state index in [4.69, 9.17) is 4.74 Å². The van der Waals surface area contributed by atoms with Gasteiger partial charge in [-0.25, -0.2) is 0 Å². The fourth-order valence-electron chi connectivity index (χ4n) is 2.80. The molecule has 2 amide bonds. The van der Waals surface area contributed by atoms with Crippen molar-refractivity contribution in [2.75, 3.05) is 30.5 Å². The zero-order chi connectivity index (χ0) is 17.0. The van der Waals surface area contributed by atoms with E-state index in [1.807, 2.05) is 39.0 Å². The van der Waals surface area contributed by atoms with Gasteiger partial charge in [0.05, 0.1) is 0 Å². The Balaban J connectivity index is 2.18. The molecule has 1 aromatic rings. The Kier molecular flexibility index (Phi) is 5.42. The maximum Gasteiger partial charge on any atom is 0.252 e. The molecule has 0 aromatic heterocycles. The van der Waals surface area contributed by atoms with Crippen molar-refractivity contribution in [3.05, 3.63) is 23.8 Å². The van der Waals surface area contributed by atoms with Gasteiger partial charge in [-0.2, -0.15) is 0 Å². The Hall–Kier alpha value is -1.88. The van der Waals surface area contributed by atoms with E-state index in [0.29, 0.717) is 13.0 Å². The summed E-state index contributed by atoms with van der Waals surface area (Å²) in [6, 6.07) is 5.79. The molecule has 0 bridgehead atoms. The van der Waals surface area contributed by atoms with Crippen molar-refractivity contribution in [3.63, 3.8) is 0 Å². The van der Waals surface area contributed by atoms with Crippen LogP contribution in [0.2, 0.25) is 0 Å². The first-order valence-electron chi connectivity index (χ1n) is 8.02.